The lowest BCUT2D eigenvalue weighted by molar-refractivity contribution is -0.127. The van der Waals surface area contributed by atoms with Crippen LogP contribution < -0.4 is 9.64 Å². The average molecular weight is 784 g/mol. The highest BCUT2D eigenvalue weighted by atomic mass is 32.2. The van der Waals surface area contributed by atoms with Gasteiger partial charge in [-0.1, -0.05) is 6.08 Å². The highest BCUT2D eigenvalue weighted by molar-refractivity contribution is 7.86. The van der Waals surface area contributed by atoms with Gasteiger partial charge in [0.2, 0.25) is 5.91 Å². The van der Waals surface area contributed by atoms with E-state index in [-0.39, 0.29) is 40.6 Å². The van der Waals surface area contributed by atoms with Gasteiger partial charge in [-0.2, -0.15) is 17.0 Å². The van der Waals surface area contributed by atoms with Crippen molar-refractivity contribution >= 4 is 27.8 Å². The van der Waals surface area contributed by atoms with Crippen LogP contribution in [-0.2, 0) is 15.0 Å². The zero-order chi connectivity index (χ0) is 39.5. The Morgan fingerprint density at radius 3 is 2.31 bits per heavy atom. The van der Waals surface area contributed by atoms with E-state index < -0.39 is 16.0 Å². The molecule has 14 nitrogen and oxygen atoms in total. The van der Waals surface area contributed by atoms with Crippen LogP contribution in [0.15, 0.2) is 42.9 Å². The molecule has 0 aliphatic carbocycles. The zero-order valence-corrected chi connectivity index (χ0v) is 34.0. The van der Waals surface area contributed by atoms with E-state index in [1.54, 1.807) is 26.4 Å². The number of nitrogens with zero attached hydrogens (tertiary/aromatic N) is 9. The normalized spacial score (nSPS) is 21.3. The summed E-state index contributed by atoms with van der Waals surface area (Å²) in [5, 5.41) is 0. The summed E-state index contributed by atoms with van der Waals surface area (Å²) in [4.78, 5) is 45.0. The minimum Gasteiger partial charge on any atom is -0.451 e. The molecule has 0 saturated carbocycles. The molecule has 1 aromatic heterocycles. The maximum absolute atomic E-state index is 14.4. The molecule has 6 rings (SSSR count). The molecule has 2 aromatic rings. The van der Waals surface area contributed by atoms with Crippen molar-refractivity contribution in [2.24, 2.45) is 11.3 Å². The first kappa shape index (κ1) is 40.9. The summed E-state index contributed by atoms with van der Waals surface area (Å²) in [5.41, 5.74) is 0.301. The molecule has 1 aromatic carbocycles. The van der Waals surface area contributed by atoms with Crippen molar-refractivity contribution in [1.29, 1.82) is 0 Å². The molecule has 4 aliphatic heterocycles. The lowest BCUT2D eigenvalue weighted by Crippen LogP contribution is -2.62. The molecule has 4 saturated heterocycles. The lowest BCUT2D eigenvalue weighted by Gasteiger charge is -2.54. The van der Waals surface area contributed by atoms with Gasteiger partial charge in [-0.25, -0.2) is 14.4 Å². The standard InChI is InChI=1S/C39H58FN9O5S/c1-29(2)49(30(3)4)38(51)33-22-32(40)9-10-34(33)54-35-23-41-28-42-37(35)46-15-11-31(25-46)24-44-26-39(27-44)12-16-47(17-13-39)55(52,53)48-20-18-45(19-21-48)36(50)8-7-14-43(5)6/h7-10,22-23,28-31H,11-21,24-27H2,1-6H3/b8-7-/t31-/m0/s1. The van der Waals surface area contributed by atoms with Crippen LogP contribution in [0.1, 0.15) is 57.3 Å². The van der Waals surface area contributed by atoms with Crippen molar-refractivity contribution in [3.05, 3.63) is 54.3 Å². The number of piperidine rings is 1. The number of amides is 2. The fourth-order valence-corrected chi connectivity index (χ4v) is 10.1. The van der Waals surface area contributed by atoms with Crippen LogP contribution in [0.25, 0.3) is 0 Å². The van der Waals surface area contributed by atoms with E-state index in [1.807, 2.05) is 52.8 Å². The van der Waals surface area contributed by atoms with Crippen molar-refractivity contribution in [3.8, 4) is 11.5 Å². The van der Waals surface area contributed by atoms with Crippen LogP contribution in [0.2, 0.25) is 0 Å². The largest absolute Gasteiger partial charge is 0.451 e. The Bertz CT molecular complexity index is 1790. The van der Waals surface area contributed by atoms with Gasteiger partial charge < -0.3 is 29.2 Å². The predicted octanol–water partition coefficient (Wildman–Crippen LogP) is 3.40. The second-order valence-electron chi connectivity index (χ2n) is 16.4. The van der Waals surface area contributed by atoms with Gasteiger partial charge in [0, 0.05) is 96.7 Å². The maximum atomic E-state index is 14.4. The predicted molar refractivity (Wildman–Crippen MR) is 210 cm³/mol. The minimum absolute atomic E-state index is 0.0727. The van der Waals surface area contributed by atoms with Gasteiger partial charge in [0.1, 0.15) is 17.9 Å². The number of anilines is 1. The smallest absolute Gasteiger partial charge is 0.282 e. The Hall–Kier alpha value is -3.70. The quantitative estimate of drug-likeness (QED) is 0.279. The molecule has 55 heavy (non-hydrogen) atoms. The van der Waals surface area contributed by atoms with Gasteiger partial charge in [-0.05, 0) is 90.6 Å². The molecule has 0 radical (unpaired) electrons. The number of piperazine rings is 1. The zero-order valence-electron chi connectivity index (χ0n) is 33.2. The summed E-state index contributed by atoms with van der Waals surface area (Å²) >= 11 is 0. The molecule has 4 aliphatic rings. The first-order chi connectivity index (χ1) is 26.2. The minimum atomic E-state index is -3.58. The third-order valence-electron chi connectivity index (χ3n) is 11.3. The molecule has 1 atom stereocenters. The summed E-state index contributed by atoms with van der Waals surface area (Å²) in [6.45, 7) is 15.3. The number of carbonyl (C=O) groups excluding carboxylic acids is 2. The van der Waals surface area contributed by atoms with Crippen molar-refractivity contribution in [1.82, 2.24) is 38.2 Å². The first-order valence-electron chi connectivity index (χ1n) is 19.6. The van der Waals surface area contributed by atoms with Gasteiger partial charge in [-0.15, -0.1) is 0 Å². The van der Waals surface area contributed by atoms with Crippen LogP contribution in [0, 0.1) is 17.2 Å². The van der Waals surface area contributed by atoms with Crippen LogP contribution in [-0.4, -0.2) is 163 Å². The van der Waals surface area contributed by atoms with Crippen molar-refractivity contribution < 1.29 is 27.1 Å². The molecule has 16 heteroatoms. The molecule has 0 unspecified atom stereocenters. The van der Waals surface area contributed by atoms with Crippen LogP contribution in [0.5, 0.6) is 11.5 Å². The number of hydrogen-bond acceptors (Lipinski definition) is 10. The lowest BCUT2D eigenvalue weighted by atomic mass is 9.72. The van der Waals surface area contributed by atoms with Gasteiger partial charge in [0.15, 0.2) is 11.6 Å². The van der Waals surface area contributed by atoms with E-state index in [4.69, 9.17) is 4.74 Å². The molecule has 0 bridgehead atoms. The van der Waals surface area contributed by atoms with E-state index in [9.17, 15) is 22.4 Å². The maximum Gasteiger partial charge on any atom is 0.282 e. The third-order valence-corrected chi connectivity index (χ3v) is 13.4. The van der Waals surface area contributed by atoms with Gasteiger partial charge in [0.25, 0.3) is 16.1 Å². The van der Waals surface area contributed by atoms with E-state index >= 15 is 0 Å². The topological polar surface area (TPSA) is 126 Å². The molecule has 2 amide bonds. The number of likely N-dealkylation sites (tertiary alicyclic amines) is 1. The fraction of sp³-hybridized carbons (Fsp3) is 0.641. The number of aromatic nitrogens is 2. The third kappa shape index (κ3) is 9.47. The Labute approximate surface area is 326 Å². The summed E-state index contributed by atoms with van der Waals surface area (Å²) in [6, 6.07) is 3.85. The molecule has 1 spiro atoms. The number of benzene rings is 1. The number of ether oxygens (including phenoxy) is 1. The second-order valence-corrected chi connectivity index (χ2v) is 18.3. The SMILES string of the molecule is CC(C)N(C(=O)c1cc(F)ccc1Oc1cncnc1N1CC[C@@H](CN2CC3(CCN(S(=O)(=O)N4CCN(C(=O)/C=C\CN(C)C)CC4)CC3)C2)C1)C(C)C. The van der Waals surface area contributed by atoms with E-state index in [1.165, 1.54) is 28.8 Å². The fourth-order valence-electron chi connectivity index (χ4n) is 8.55. The highest BCUT2D eigenvalue weighted by Gasteiger charge is 2.48. The van der Waals surface area contributed by atoms with Crippen LogP contribution in [0.4, 0.5) is 10.2 Å². The first-order valence-corrected chi connectivity index (χ1v) is 21.0. The van der Waals surface area contributed by atoms with Crippen molar-refractivity contribution in [2.75, 3.05) is 97.5 Å². The average Bonchev–Trinajstić information content (AvgIpc) is 3.60. The van der Waals surface area contributed by atoms with E-state index in [0.29, 0.717) is 63.3 Å². The molecular weight excluding hydrogens is 726 g/mol. The van der Waals surface area contributed by atoms with Crippen LogP contribution >= 0.6 is 0 Å². The highest BCUT2D eigenvalue weighted by Crippen LogP contribution is 2.42. The molecule has 4 fully saturated rings. The monoisotopic (exact) mass is 783 g/mol. The Morgan fingerprint density at radius 2 is 1.65 bits per heavy atom. The Morgan fingerprint density at radius 1 is 0.982 bits per heavy atom. The second kappa shape index (κ2) is 17.2. The number of likely N-dealkylation sites (N-methyl/N-ethyl adjacent to an activating group) is 1. The van der Waals surface area contributed by atoms with Crippen molar-refractivity contribution in [3.63, 3.8) is 0 Å². The van der Waals surface area contributed by atoms with E-state index in [2.05, 4.69) is 19.8 Å². The summed E-state index contributed by atoms with van der Waals surface area (Å²) in [5.74, 6) is 0.849. The van der Waals surface area contributed by atoms with Crippen LogP contribution in [0.3, 0.4) is 0 Å². The van der Waals surface area contributed by atoms with Gasteiger partial charge >= 0.3 is 0 Å². The van der Waals surface area contributed by atoms with Crippen molar-refractivity contribution in [2.45, 2.75) is 59.0 Å². The molecule has 0 N–H and O–H groups in total. The number of halogens is 1. The number of carbonyl (C=O) groups is 2. The number of hydrogen-bond donors (Lipinski definition) is 0. The summed E-state index contributed by atoms with van der Waals surface area (Å²) < 4.78 is 51.0. The Balaban J connectivity index is 0.984. The summed E-state index contributed by atoms with van der Waals surface area (Å²) in [7, 11) is 0.306. The van der Waals surface area contributed by atoms with Gasteiger partial charge in [0.05, 0.1) is 11.8 Å². The van der Waals surface area contributed by atoms with E-state index in [0.717, 1.165) is 52.0 Å². The molecular formula is C39H58FN9O5S. The van der Waals surface area contributed by atoms with Gasteiger partial charge in [-0.3, -0.25) is 9.59 Å². The Kier molecular flexibility index (Phi) is 12.8. The molecule has 5 heterocycles. The molecule has 302 valence electrons. The number of rotatable bonds is 13. The summed E-state index contributed by atoms with van der Waals surface area (Å²) in [6.07, 6.45) is 9.17.